The predicted octanol–water partition coefficient (Wildman–Crippen LogP) is 3.30. The second kappa shape index (κ2) is 5.89. The van der Waals surface area contributed by atoms with E-state index in [0.717, 1.165) is 30.3 Å². The van der Waals surface area contributed by atoms with Crippen molar-refractivity contribution in [1.29, 1.82) is 0 Å². The van der Waals surface area contributed by atoms with Crippen LogP contribution in [0.1, 0.15) is 44.1 Å². The van der Waals surface area contributed by atoms with Gasteiger partial charge in [-0.05, 0) is 56.7 Å². The SMILES string of the molecule is Cc1ccc(/C=C/C(=O)NC2CCC(C)CC2)o1. The van der Waals surface area contributed by atoms with E-state index in [1.165, 1.54) is 12.8 Å². The lowest BCUT2D eigenvalue weighted by Crippen LogP contribution is -2.36. The van der Waals surface area contributed by atoms with E-state index in [1.54, 1.807) is 12.2 Å². The standard InChI is InChI=1S/C15H21NO2/c1-11-3-6-13(7-4-11)16-15(17)10-9-14-8-5-12(2)18-14/h5,8-11,13H,3-4,6-7H2,1-2H3,(H,16,17)/b10-9+. The molecule has 98 valence electrons. The fraction of sp³-hybridized carbons (Fsp3) is 0.533. The van der Waals surface area contributed by atoms with Crippen molar-refractivity contribution in [3.63, 3.8) is 0 Å². The molecule has 1 aliphatic rings. The lowest BCUT2D eigenvalue weighted by atomic mass is 9.87. The van der Waals surface area contributed by atoms with Crippen LogP contribution in [0.25, 0.3) is 6.08 Å². The van der Waals surface area contributed by atoms with Gasteiger partial charge in [0.25, 0.3) is 0 Å². The number of amides is 1. The molecule has 0 atom stereocenters. The van der Waals surface area contributed by atoms with E-state index in [4.69, 9.17) is 4.42 Å². The molecule has 1 fully saturated rings. The molecule has 0 spiro atoms. The van der Waals surface area contributed by atoms with Crippen molar-refractivity contribution < 1.29 is 9.21 Å². The third kappa shape index (κ3) is 3.76. The first-order chi connectivity index (χ1) is 8.63. The summed E-state index contributed by atoms with van der Waals surface area (Å²) in [7, 11) is 0. The van der Waals surface area contributed by atoms with Crippen LogP contribution >= 0.6 is 0 Å². The molecular weight excluding hydrogens is 226 g/mol. The van der Waals surface area contributed by atoms with E-state index in [1.807, 2.05) is 19.1 Å². The Balaban J connectivity index is 1.80. The summed E-state index contributed by atoms with van der Waals surface area (Å²) in [4.78, 5) is 11.7. The maximum atomic E-state index is 11.7. The van der Waals surface area contributed by atoms with Gasteiger partial charge < -0.3 is 9.73 Å². The van der Waals surface area contributed by atoms with Crippen LogP contribution < -0.4 is 5.32 Å². The monoisotopic (exact) mass is 247 g/mol. The van der Waals surface area contributed by atoms with Crippen LogP contribution in [0.5, 0.6) is 0 Å². The van der Waals surface area contributed by atoms with Crippen LogP contribution in [-0.4, -0.2) is 11.9 Å². The van der Waals surface area contributed by atoms with E-state index >= 15 is 0 Å². The summed E-state index contributed by atoms with van der Waals surface area (Å²) >= 11 is 0. The highest BCUT2D eigenvalue weighted by molar-refractivity contribution is 5.91. The van der Waals surface area contributed by atoms with Gasteiger partial charge in [0.05, 0.1) is 0 Å². The molecule has 1 aromatic rings. The van der Waals surface area contributed by atoms with Crippen LogP contribution in [0.4, 0.5) is 0 Å². The molecule has 1 aromatic heterocycles. The Kier molecular flexibility index (Phi) is 4.24. The number of carbonyl (C=O) groups is 1. The molecule has 0 radical (unpaired) electrons. The summed E-state index contributed by atoms with van der Waals surface area (Å²) in [6.45, 7) is 4.16. The van der Waals surface area contributed by atoms with Gasteiger partial charge in [-0.15, -0.1) is 0 Å². The van der Waals surface area contributed by atoms with Crippen LogP contribution in [0.15, 0.2) is 22.6 Å². The van der Waals surface area contributed by atoms with Crippen molar-refractivity contribution in [3.05, 3.63) is 29.7 Å². The average Bonchev–Trinajstić information content (AvgIpc) is 2.76. The van der Waals surface area contributed by atoms with Gasteiger partial charge in [0.15, 0.2) is 0 Å². The second-order valence-electron chi connectivity index (χ2n) is 5.25. The Morgan fingerprint density at radius 1 is 1.33 bits per heavy atom. The van der Waals surface area contributed by atoms with Crippen LogP contribution in [-0.2, 0) is 4.79 Å². The van der Waals surface area contributed by atoms with Gasteiger partial charge in [0.2, 0.25) is 5.91 Å². The minimum Gasteiger partial charge on any atom is -0.462 e. The lowest BCUT2D eigenvalue weighted by molar-refractivity contribution is -0.117. The highest BCUT2D eigenvalue weighted by Crippen LogP contribution is 2.23. The number of furan rings is 1. The third-order valence-corrected chi connectivity index (χ3v) is 3.52. The number of hydrogen-bond acceptors (Lipinski definition) is 2. The molecule has 0 saturated heterocycles. The van der Waals surface area contributed by atoms with Crippen molar-refractivity contribution in [2.45, 2.75) is 45.6 Å². The maximum absolute atomic E-state index is 11.7. The van der Waals surface area contributed by atoms with Crippen molar-refractivity contribution >= 4 is 12.0 Å². The lowest BCUT2D eigenvalue weighted by Gasteiger charge is -2.26. The van der Waals surface area contributed by atoms with Crippen LogP contribution in [0.3, 0.4) is 0 Å². The minimum atomic E-state index is -0.0244. The van der Waals surface area contributed by atoms with E-state index < -0.39 is 0 Å². The third-order valence-electron chi connectivity index (χ3n) is 3.52. The summed E-state index contributed by atoms with van der Waals surface area (Å²) in [6.07, 6.45) is 7.89. The molecule has 2 rings (SSSR count). The van der Waals surface area contributed by atoms with Gasteiger partial charge in [-0.3, -0.25) is 4.79 Å². The van der Waals surface area contributed by atoms with Crippen LogP contribution in [0.2, 0.25) is 0 Å². The second-order valence-corrected chi connectivity index (χ2v) is 5.25. The Labute approximate surface area is 108 Å². The summed E-state index contributed by atoms with van der Waals surface area (Å²) in [6, 6.07) is 4.10. The summed E-state index contributed by atoms with van der Waals surface area (Å²) in [5, 5.41) is 3.05. The van der Waals surface area contributed by atoms with Gasteiger partial charge >= 0.3 is 0 Å². The largest absolute Gasteiger partial charge is 0.462 e. The smallest absolute Gasteiger partial charge is 0.244 e. The average molecular weight is 247 g/mol. The highest BCUT2D eigenvalue weighted by atomic mass is 16.3. The van der Waals surface area contributed by atoms with Gasteiger partial charge in [-0.1, -0.05) is 6.92 Å². The van der Waals surface area contributed by atoms with Gasteiger partial charge in [-0.25, -0.2) is 0 Å². The number of aryl methyl sites for hydroxylation is 1. The molecule has 0 aromatic carbocycles. The van der Waals surface area contributed by atoms with Crippen molar-refractivity contribution in [1.82, 2.24) is 5.32 Å². The van der Waals surface area contributed by atoms with Gasteiger partial charge in [-0.2, -0.15) is 0 Å². The summed E-state index contributed by atoms with van der Waals surface area (Å²) in [5.74, 6) is 2.36. The number of carbonyl (C=O) groups excluding carboxylic acids is 1. The quantitative estimate of drug-likeness (QED) is 0.833. The zero-order valence-electron chi connectivity index (χ0n) is 11.1. The molecule has 1 N–H and O–H groups in total. The number of rotatable bonds is 3. The number of hydrogen-bond donors (Lipinski definition) is 1. The van der Waals surface area contributed by atoms with E-state index in [2.05, 4.69) is 12.2 Å². The zero-order valence-corrected chi connectivity index (χ0v) is 11.1. The maximum Gasteiger partial charge on any atom is 0.244 e. The van der Waals surface area contributed by atoms with E-state index in [-0.39, 0.29) is 5.91 Å². The van der Waals surface area contributed by atoms with Crippen molar-refractivity contribution in [2.75, 3.05) is 0 Å². The topological polar surface area (TPSA) is 42.2 Å². The molecule has 18 heavy (non-hydrogen) atoms. The molecule has 1 amide bonds. The van der Waals surface area contributed by atoms with Crippen molar-refractivity contribution in [3.8, 4) is 0 Å². The van der Waals surface area contributed by atoms with Gasteiger partial charge in [0.1, 0.15) is 11.5 Å². The molecule has 3 nitrogen and oxygen atoms in total. The predicted molar refractivity (Wildman–Crippen MR) is 72.0 cm³/mol. The molecule has 3 heteroatoms. The fourth-order valence-electron chi connectivity index (χ4n) is 2.35. The van der Waals surface area contributed by atoms with Crippen molar-refractivity contribution in [2.24, 2.45) is 5.92 Å². The first kappa shape index (κ1) is 12.9. The number of nitrogens with one attached hydrogen (secondary N) is 1. The Hall–Kier alpha value is -1.51. The minimum absolute atomic E-state index is 0.0244. The molecule has 0 bridgehead atoms. The summed E-state index contributed by atoms with van der Waals surface area (Å²) < 4.78 is 5.37. The zero-order chi connectivity index (χ0) is 13.0. The molecule has 0 aliphatic heterocycles. The molecule has 1 aliphatic carbocycles. The highest BCUT2D eigenvalue weighted by Gasteiger charge is 2.18. The molecular formula is C15H21NO2. The molecule has 1 saturated carbocycles. The summed E-state index contributed by atoms with van der Waals surface area (Å²) in [5.41, 5.74) is 0. The van der Waals surface area contributed by atoms with E-state index in [9.17, 15) is 4.79 Å². The Bertz CT molecular complexity index is 425. The first-order valence-electron chi connectivity index (χ1n) is 6.68. The normalized spacial score (nSPS) is 24.3. The fourth-order valence-corrected chi connectivity index (χ4v) is 2.35. The Morgan fingerprint density at radius 2 is 2.06 bits per heavy atom. The first-order valence-corrected chi connectivity index (χ1v) is 6.68. The molecule has 1 heterocycles. The van der Waals surface area contributed by atoms with Crippen LogP contribution in [0, 0.1) is 12.8 Å². The van der Waals surface area contributed by atoms with E-state index in [0.29, 0.717) is 6.04 Å². The Morgan fingerprint density at radius 3 is 2.67 bits per heavy atom. The van der Waals surface area contributed by atoms with Gasteiger partial charge in [0, 0.05) is 12.1 Å². The molecule has 0 unspecified atom stereocenters.